The molecule has 0 fully saturated rings. The normalized spacial score (nSPS) is 9.77. The van der Waals surface area contributed by atoms with Crippen LogP contribution in [0.1, 0.15) is 19.4 Å². The fraction of sp³-hybridized carbons (Fsp3) is 0.455. The Morgan fingerprint density at radius 1 is 1.15 bits per heavy atom. The van der Waals surface area contributed by atoms with E-state index in [1.165, 1.54) is 5.56 Å². The second-order valence-corrected chi connectivity index (χ2v) is 2.77. The Morgan fingerprint density at radius 2 is 1.92 bits per heavy atom. The van der Waals surface area contributed by atoms with Gasteiger partial charge in [0, 0.05) is 0 Å². The van der Waals surface area contributed by atoms with E-state index in [9.17, 15) is 0 Å². The molecule has 0 unspecified atom stereocenters. The summed E-state index contributed by atoms with van der Waals surface area (Å²) in [4.78, 5) is 0. The van der Waals surface area contributed by atoms with E-state index in [1.807, 2.05) is 19.1 Å². The minimum Gasteiger partial charge on any atom is -0.493 e. The van der Waals surface area contributed by atoms with Crippen LogP contribution in [-0.4, -0.2) is 13.7 Å². The van der Waals surface area contributed by atoms with Gasteiger partial charge in [-0.2, -0.15) is 0 Å². The van der Waals surface area contributed by atoms with Gasteiger partial charge in [-0.05, 0) is 31.0 Å². The van der Waals surface area contributed by atoms with Crippen molar-refractivity contribution in [2.75, 3.05) is 13.7 Å². The fourth-order valence-electron chi connectivity index (χ4n) is 1.21. The lowest BCUT2D eigenvalue weighted by Crippen LogP contribution is -1.96. The molecule has 0 saturated heterocycles. The van der Waals surface area contributed by atoms with Crippen molar-refractivity contribution in [2.24, 2.45) is 0 Å². The van der Waals surface area contributed by atoms with Crippen molar-refractivity contribution in [3.8, 4) is 11.5 Å². The number of hydrogen-bond donors (Lipinski definition) is 0. The number of hydrogen-bond acceptors (Lipinski definition) is 2. The molecule has 0 saturated carbocycles. The van der Waals surface area contributed by atoms with Crippen LogP contribution in [-0.2, 0) is 6.42 Å². The largest absolute Gasteiger partial charge is 0.493 e. The highest BCUT2D eigenvalue weighted by Gasteiger charge is 2.03. The summed E-state index contributed by atoms with van der Waals surface area (Å²) in [7, 11) is 1.66. The second-order valence-electron chi connectivity index (χ2n) is 2.77. The van der Waals surface area contributed by atoms with E-state index in [1.54, 1.807) is 7.11 Å². The van der Waals surface area contributed by atoms with Gasteiger partial charge >= 0.3 is 0 Å². The van der Waals surface area contributed by atoms with Crippen LogP contribution in [0.3, 0.4) is 0 Å². The third-order valence-electron chi connectivity index (χ3n) is 1.94. The van der Waals surface area contributed by atoms with Gasteiger partial charge in [-0.25, -0.2) is 0 Å². The molecule has 0 aliphatic carbocycles. The third kappa shape index (κ3) is 2.38. The average molecular weight is 180 g/mol. The molecule has 1 aromatic rings. The van der Waals surface area contributed by atoms with E-state index in [4.69, 9.17) is 9.47 Å². The molecule has 0 aliphatic rings. The van der Waals surface area contributed by atoms with Crippen LogP contribution in [0.5, 0.6) is 11.5 Å². The van der Waals surface area contributed by atoms with Gasteiger partial charge in [0.25, 0.3) is 0 Å². The molecule has 1 aromatic carbocycles. The molecular weight excluding hydrogens is 164 g/mol. The van der Waals surface area contributed by atoms with Gasteiger partial charge in [-0.15, -0.1) is 0 Å². The van der Waals surface area contributed by atoms with Crippen molar-refractivity contribution < 1.29 is 9.47 Å². The summed E-state index contributed by atoms with van der Waals surface area (Å²) >= 11 is 0. The fourth-order valence-corrected chi connectivity index (χ4v) is 1.21. The molecule has 0 radical (unpaired) electrons. The van der Waals surface area contributed by atoms with E-state index in [2.05, 4.69) is 13.0 Å². The Bertz CT molecular complexity index is 269. The smallest absolute Gasteiger partial charge is 0.161 e. The van der Waals surface area contributed by atoms with Crippen molar-refractivity contribution in [3.63, 3.8) is 0 Å². The first-order valence-electron chi connectivity index (χ1n) is 4.61. The van der Waals surface area contributed by atoms with Crippen LogP contribution in [0.4, 0.5) is 0 Å². The molecule has 2 heteroatoms. The van der Waals surface area contributed by atoms with Crippen LogP contribution in [0.2, 0.25) is 0 Å². The van der Waals surface area contributed by atoms with Gasteiger partial charge in [0.1, 0.15) is 0 Å². The van der Waals surface area contributed by atoms with Gasteiger partial charge < -0.3 is 9.47 Å². The Morgan fingerprint density at radius 3 is 2.46 bits per heavy atom. The second kappa shape index (κ2) is 4.75. The molecule has 0 bridgehead atoms. The topological polar surface area (TPSA) is 18.5 Å². The van der Waals surface area contributed by atoms with Crippen molar-refractivity contribution in [3.05, 3.63) is 23.8 Å². The van der Waals surface area contributed by atoms with Crippen LogP contribution in [0, 0.1) is 0 Å². The first kappa shape index (κ1) is 9.90. The Hall–Kier alpha value is -1.18. The van der Waals surface area contributed by atoms with Gasteiger partial charge in [0.05, 0.1) is 13.7 Å². The molecule has 0 amide bonds. The minimum atomic E-state index is 0.670. The van der Waals surface area contributed by atoms with Gasteiger partial charge in [0.15, 0.2) is 11.5 Å². The van der Waals surface area contributed by atoms with E-state index in [0.29, 0.717) is 6.61 Å². The first-order chi connectivity index (χ1) is 6.31. The lowest BCUT2D eigenvalue weighted by molar-refractivity contribution is 0.310. The molecule has 13 heavy (non-hydrogen) atoms. The molecule has 1 rings (SSSR count). The maximum Gasteiger partial charge on any atom is 0.161 e. The summed E-state index contributed by atoms with van der Waals surface area (Å²) in [5.74, 6) is 1.64. The summed E-state index contributed by atoms with van der Waals surface area (Å²) < 4.78 is 10.6. The summed E-state index contributed by atoms with van der Waals surface area (Å²) in [6.45, 7) is 4.76. The summed E-state index contributed by atoms with van der Waals surface area (Å²) in [5, 5.41) is 0. The zero-order valence-electron chi connectivity index (χ0n) is 8.46. The SMILES string of the molecule is CCOc1cc(CC)ccc1OC. The molecule has 0 N–H and O–H groups in total. The van der Waals surface area contributed by atoms with Crippen LogP contribution < -0.4 is 9.47 Å². The van der Waals surface area contributed by atoms with E-state index in [0.717, 1.165) is 17.9 Å². The average Bonchev–Trinajstić information content (AvgIpc) is 2.18. The van der Waals surface area contributed by atoms with Crippen LogP contribution in [0.25, 0.3) is 0 Å². The van der Waals surface area contributed by atoms with Crippen molar-refractivity contribution in [1.82, 2.24) is 0 Å². The van der Waals surface area contributed by atoms with Crippen molar-refractivity contribution in [1.29, 1.82) is 0 Å². The first-order valence-corrected chi connectivity index (χ1v) is 4.61. The highest BCUT2D eigenvalue weighted by atomic mass is 16.5. The van der Waals surface area contributed by atoms with Crippen molar-refractivity contribution >= 4 is 0 Å². The predicted octanol–water partition coefficient (Wildman–Crippen LogP) is 2.66. The molecule has 0 aromatic heterocycles. The Kier molecular flexibility index (Phi) is 3.62. The van der Waals surface area contributed by atoms with Gasteiger partial charge in [-0.3, -0.25) is 0 Å². The third-order valence-corrected chi connectivity index (χ3v) is 1.94. The van der Waals surface area contributed by atoms with Crippen molar-refractivity contribution in [2.45, 2.75) is 20.3 Å². The van der Waals surface area contributed by atoms with Crippen LogP contribution >= 0.6 is 0 Å². The molecule has 2 nitrogen and oxygen atoms in total. The van der Waals surface area contributed by atoms with Crippen LogP contribution in [0.15, 0.2) is 18.2 Å². The Labute approximate surface area is 79.5 Å². The quantitative estimate of drug-likeness (QED) is 0.709. The molecular formula is C11H16O2. The highest BCUT2D eigenvalue weighted by Crippen LogP contribution is 2.27. The highest BCUT2D eigenvalue weighted by molar-refractivity contribution is 5.42. The lowest BCUT2D eigenvalue weighted by Gasteiger charge is -2.09. The minimum absolute atomic E-state index is 0.670. The lowest BCUT2D eigenvalue weighted by atomic mass is 10.1. The molecule has 0 aliphatic heterocycles. The standard InChI is InChI=1S/C11H16O2/c1-4-9-6-7-10(12-3)11(8-9)13-5-2/h6-8H,4-5H2,1-3H3. The summed E-state index contributed by atoms with van der Waals surface area (Å²) in [5.41, 5.74) is 1.27. The maximum atomic E-state index is 5.45. The van der Waals surface area contributed by atoms with E-state index >= 15 is 0 Å². The molecule has 0 heterocycles. The van der Waals surface area contributed by atoms with Gasteiger partial charge in [-0.1, -0.05) is 13.0 Å². The Balaban J connectivity index is 2.95. The molecule has 0 atom stereocenters. The summed E-state index contributed by atoms with van der Waals surface area (Å²) in [6.07, 6.45) is 1.02. The number of aryl methyl sites for hydroxylation is 1. The van der Waals surface area contributed by atoms with E-state index in [-0.39, 0.29) is 0 Å². The zero-order valence-corrected chi connectivity index (χ0v) is 8.46. The van der Waals surface area contributed by atoms with Gasteiger partial charge in [0.2, 0.25) is 0 Å². The summed E-state index contributed by atoms with van der Waals surface area (Å²) in [6, 6.07) is 6.04. The monoisotopic (exact) mass is 180 g/mol. The number of ether oxygens (including phenoxy) is 2. The molecule has 72 valence electrons. The van der Waals surface area contributed by atoms with E-state index < -0.39 is 0 Å². The maximum absolute atomic E-state index is 5.45. The number of rotatable bonds is 4. The number of benzene rings is 1. The number of methoxy groups -OCH3 is 1. The predicted molar refractivity (Wildman–Crippen MR) is 53.5 cm³/mol. The molecule has 0 spiro atoms. The zero-order chi connectivity index (χ0) is 9.68.